The largest absolute Gasteiger partial charge is 0.326 e. The molecule has 0 bridgehead atoms. The maximum absolute atomic E-state index is 12.6. The lowest BCUT2D eigenvalue weighted by Gasteiger charge is -2.27. The Hall–Kier alpha value is -2.63. The van der Waals surface area contributed by atoms with E-state index in [9.17, 15) is 9.59 Å². The van der Waals surface area contributed by atoms with E-state index < -0.39 is 0 Å². The molecule has 1 aliphatic rings. The van der Waals surface area contributed by atoms with Gasteiger partial charge in [0.1, 0.15) is 5.82 Å². The van der Waals surface area contributed by atoms with Crippen molar-refractivity contribution in [3.8, 4) is 0 Å². The van der Waals surface area contributed by atoms with E-state index >= 15 is 0 Å². The highest BCUT2D eigenvalue weighted by Gasteiger charge is 2.24. The minimum atomic E-state index is -0.130. The zero-order chi connectivity index (χ0) is 20.8. The Bertz CT molecular complexity index is 831. The van der Waals surface area contributed by atoms with E-state index in [-0.39, 0.29) is 24.7 Å². The van der Waals surface area contributed by atoms with Gasteiger partial charge in [0.15, 0.2) is 0 Å². The summed E-state index contributed by atoms with van der Waals surface area (Å²) < 4.78 is 1.87. The molecule has 0 fully saturated rings. The average molecular weight is 385 g/mol. The Labute approximate surface area is 167 Å². The highest BCUT2D eigenvalue weighted by molar-refractivity contribution is 5.98. The number of rotatable bonds is 4. The second-order valence-corrected chi connectivity index (χ2v) is 7.09. The van der Waals surface area contributed by atoms with Crippen LogP contribution in [0.3, 0.4) is 0 Å². The Morgan fingerprint density at radius 1 is 1.00 bits per heavy atom. The molecule has 6 heteroatoms. The van der Waals surface area contributed by atoms with E-state index in [0.29, 0.717) is 6.54 Å². The Balaban J connectivity index is 0.00000136. The van der Waals surface area contributed by atoms with Crippen molar-refractivity contribution in [1.29, 1.82) is 0 Å². The lowest BCUT2D eigenvalue weighted by atomic mass is 10.0. The van der Waals surface area contributed by atoms with Gasteiger partial charge in [-0.1, -0.05) is 31.5 Å². The summed E-state index contributed by atoms with van der Waals surface area (Å²) in [6.07, 6.45) is 1.25. The lowest BCUT2D eigenvalue weighted by molar-refractivity contribution is -0.122. The quantitative estimate of drug-likeness (QED) is 0.855. The van der Waals surface area contributed by atoms with Crippen molar-refractivity contribution in [2.45, 2.75) is 67.3 Å². The predicted molar refractivity (Wildman–Crippen MR) is 114 cm³/mol. The van der Waals surface area contributed by atoms with Crippen molar-refractivity contribution < 1.29 is 9.59 Å². The number of carbonyl (C=O) groups is 2. The third-order valence-electron chi connectivity index (χ3n) is 4.72. The molecule has 1 aliphatic heterocycles. The molecule has 1 N–H and O–H groups in total. The molecule has 0 unspecified atom stereocenters. The van der Waals surface area contributed by atoms with Crippen molar-refractivity contribution >= 4 is 23.3 Å². The summed E-state index contributed by atoms with van der Waals surface area (Å²) in [5.74, 6) is 0.679. The first-order valence-electron chi connectivity index (χ1n) is 10.1. The number of aromatic nitrogens is 2. The van der Waals surface area contributed by atoms with Gasteiger partial charge >= 0.3 is 0 Å². The van der Waals surface area contributed by atoms with Crippen LogP contribution in [0.15, 0.2) is 18.2 Å². The van der Waals surface area contributed by atoms with Gasteiger partial charge in [0.05, 0.1) is 5.69 Å². The molecule has 0 atom stereocenters. The second kappa shape index (κ2) is 9.53. The maximum atomic E-state index is 12.6. The minimum absolute atomic E-state index is 0.0293. The van der Waals surface area contributed by atoms with Crippen LogP contribution in [0, 0.1) is 27.7 Å². The lowest BCUT2D eigenvalue weighted by Crippen LogP contribution is -2.37. The third-order valence-corrected chi connectivity index (χ3v) is 4.72. The highest BCUT2D eigenvalue weighted by Crippen LogP contribution is 2.24. The second-order valence-electron chi connectivity index (χ2n) is 7.09. The minimum Gasteiger partial charge on any atom is -0.326 e. The van der Waals surface area contributed by atoms with Gasteiger partial charge in [-0.3, -0.25) is 14.5 Å². The Kier molecular flexibility index (Phi) is 7.38. The van der Waals surface area contributed by atoms with E-state index in [1.807, 2.05) is 64.4 Å². The molecule has 0 spiro atoms. The first-order chi connectivity index (χ1) is 13.3. The average Bonchev–Trinajstić information content (AvgIpc) is 3.04. The van der Waals surface area contributed by atoms with Gasteiger partial charge in [-0.05, 0) is 45.2 Å². The summed E-state index contributed by atoms with van der Waals surface area (Å²) in [6, 6.07) is 6.02. The van der Waals surface area contributed by atoms with Crippen LogP contribution >= 0.6 is 0 Å². The van der Waals surface area contributed by atoms with Gasteiger partial charge in [0.25, 0.3) is 0 Å². The molecule has 2 amide bonds. The maximum Gasteiger partial charge on any atom is 0.228 e. The molecule has 28 heavy (non-hydrogen) atoms. The summed E-state index contributed by atoms with van der Waals surface area (Å²) in [5.41, 5.74) is 5.00. The molecule has 1 aromatic heterocycles. The van der Waals surface area contributed by atoms with Crippen molar-refractivity contribution in [2.24, 2.45) is 0 Å². The first-order valence-corrected chi connectivity index (χ1v) is 10.1. The van der Waals surface area contributed by atoms with Gasteiger partial charge in [0, 0.05) is 37.7 Å². The Morgan fingerprint density at radius 2 is 1.64 bits per heavy atom. The molecular weight excluding hydrogens is 352 g/mol. The fraction of sp³-hybridized carbons (Fsp3) is 0.500. The molecule has 1 aromatic carbocycles. The van der Waals surface area contributed by atoms with E-state index in [1.54, 1.807) is 4.90 Å². The van der Waals surface area contributed by atoms with Gasteiger partial charge in [-0.15, -0.1) is 0 Å². The number of hydrogen-bond donors (Lipinski definition) is 1. The van der Waals surface area contributed by atoms with Crippen LogP contribution in [0.1, 0.15) is 55.5 Å². The van der Waals surface area contributed by atoms with Crippen LogP contribution in [0.4, 0.5) is 11.5 Å². The Morgan fingerprint density at radius 3 is 2.29 bits per heavy atom. The fourth-order valence-corrected chi connectivity index (χ4v) is 3.59. The molecule has 0 saturated heterocycles. The van der Waals surface area contributed by atoms with Crippen LogP contribution in [0.2, 0.25) is 0 Å². The summed E-state index contributed by atoms with van der Waals surface area (Å²) in [5, 5.41) is 7.36. The monoisotopic (exact) mass is 384 g/mol. The van der Waals surface area contributed by atoms with Crippen molar-refractivity contribution in [1.82, 2.24) is 9.78 Å². The van der Waals surface area contributed by atoms with Crippen LogP contribution in [-0.2, 0) is 16.1 Å². The van der Waals surface area contributed by atoms with Gasteiger partial charge in [-0.25, -0.2) is 4.68 Å². The molecule has 2 aromatic rings. The number of aryl methyl sites for hydroxylation is 5. The molecule has 6 nitrogen and oxygen atoms in total. The fourth-order valence-electron chi connectivity index (χ4n) is 3.59. The van der Waals surface area contributed by atoms with E-state index in [1.165, 1.54) is 5.56 Å². The smallest absolute Gasteiger partial charge is 0.228 e. The van der Waals surface area contributed by atoms with Gasteiger partial charge in [-0.2, -0.15) is 5.10 Å². The summed E-state index contributed by atoms with van der Waals surface area (Å²) >= 11 is 0. The molecule has 152 valence electrons. The third kappa shape index (κ3) is 5.00. The van der Waals surface area contributed by atoms with Crippen molar-refractivity contribution in [2.75, 3.05) is 16.8 Å². The predicted octanol–water partition coefficient (Wildman–Crippen LogP) is 4.30. The van der Waals surface area contributed by atoms with E-state index in [0.717, 1.165) is 41.3 Å². The van der Waals surface area contributed by atoms with Gasteiger partial charge in [0.2, 0.25) is 11.8 Å². The summed E-state index contributed by atoms with van der Waals surface area (Å²) in [7, 11) is 0. The van der Waals surface area contributed by atoms with Crippen LogP contribution in [0.5, 0.6) is 0 Å². The zero-order valence-corrected chi connectivity index (χ0v) is 17.9. The highest BCUT2D eigenvalue weighted by atomic mass is 16.2. The molecule has 0 saturated carbocycles. The number of amides is 2. The number of nitrogens with zero attached hydrogens (tertiary/aromatic N) is 3. The number of nitrogens with one attached hydrogen (secondary N) is 1. The molecule has 2 heterocycles. The topological polar surface area (TPSA) is 67.2 Å². The van der Waals surface area contributed by atoms with Crippen molar-refractivity contribution in [3.63, 3.8) is 0 Å². The molecule has 0 aliphatic carbocycles. The summed E-state index contributed by atoms with van der Waals surface area (Å²) in [4.78, 5) is 26.7. The van der Waals surface area contributed by atoms with Crippen LogP contribution < -0.4 is 10.2 Å². The van der Waals surface area contributed by atoms with Crippen LogP contribution in [-0.4, -0.2) is 28.1 Å². The van der Waals surface area contributed by atoms with Crippen LogP contribution in [0.25, 0.3) is 0 Å². The zero-order valence-electron chi connectivity index (χ0n) is 17.9. The normalized spacial score (nSPS) is 12.7. The van der Waals surface area contributed by atoms with E-state index in [4.69, 9.17) is 0 Å². The molecule has 3 rings (SSSR count). The number of hydrogen-bond acceptors (Lipinski definition) is 3. The standard InChI is InChI=1S/C20H26N4O2.C2H6/c1-13-10-14(2)20(15(3)11-13)21-17(25)6-7-19(26)23-8-5-9-24-18(23)12-16(4)22-24;1-2/h10-12H,5-9H2,1-4H3,(H,21,25);1-2H3. The van der Waals surface area contributed by atoms with Crippen molar-refractivity contribution in [3.05, 3.63) is 40.6 Å². The van der Waals surface area contributed by atoms with E-state index in [2.05, 4.69) is 10.4 Å². The number of anilines is 2. The summed E-state index contributed by atoms with van der Waals surface area (Å²) in [6.45, 7) is 13.4. The number of benzene rings is 1. The number of carbonyl (C=O) groups excluding carboxylic acids is 2. The first kappa shape index (κ1) is 21.7. The molecule has 0 radical (unpaired) electrons. The van der Waals surface area contributed by atoms with Gasteiger partial charge < -0.3 is 5.32 Å². The number of fused-ring (bicyclic) bond motifs is 1. The molecular formula is C22H32N4O2. The SMILES string of the molecule is CC.Cc1cc(C)c(NC(=O)CCC(=O)N2CCCn3nc(C)cc32)c(C)c1.